The van der Waals surface area contributed by atoms with E-state index in [9.17, 15) is 13.2 Å². The first-order chi connectivity index (χ1) is 6.62. The van der Waals surface area contributed by atoms with Gasteiger partial charge < -0.3 is 0 Å². The fourth-order valence-corrected chi connectivity index (χ4v) is 4.77. The maximum atomic E-state index is 12.0. The lowest BCUT2D eigenvalue weighted by molar-refractivity contribution is -0.128. The predicted molar refractivity (Wildman–Crippen MR) is 55.0 cm³/mol. The Morgan fingerprint density at radius 1 is 1.33 bits per heavy atom. The van der Waals surface area contributed by atoms with Crippen LogP contribution in [-0.2, 0) is 14.9 Å². The molecule has 0 aromatic rings. The summed E-state index contributed by atoms with van der Waals surface area (Å²) in [6.45, 7) is 5.67. The topological polar surface area (TPSA) is 71.4 Å². The molecule has 2 saturated carbocycles. The van der Waals surface area contributed by atoms with Gasteiger partial charge in [0, 0.05) is 5.41 Å². The third-order valence-electron chi connectivity index (χ3n) is 4.79. The minimum atomic E-state index is -4.24. The Kier molecular flexibility index (Phi) is 1.94. The molecule has 0 aliphatic heterocycles. The number of Topliss-reactive ketones (excluding diaryl/α,β-unsaturated/α-hetero) is 1. The van der Waals surface area contributed by atoms with Crippen LogP contribution in [0, 0.1) is 16.7 Å². The standard InChI is InChI=1S/C10H16O4S/c1-9(2)6-4-5-10(9,3)8(11)7(6)15(12,13)14/h6-7H,4-5H2,1-3H3,(H,12,13,14)/t6-,7+,10-/m1/s1. The Morgan fingerprint density at radius 2 is 1.87 bits per heavy atom. The van der Waals surface area contributed by atoms with E-state index in [0.717, 1.165) is 6.42 Å². The van der Waals surface area contributed by atoms with E-state index < -0.39 is 20.8 Å². The smallest absolute Gasteiger partial charge is 0.275 e. The fourth-order valence-electron chi connectivity index (χ4n) is 3.35. The average molecular weight is 232 g/mol. The van der Waals surface area contributed by atoms with Gasteiger partial charge in [0.1, 0.15) is 5.25 Å². The number of ketones is 1. The second-order valence-electron chi connectivity index (χ2n) is 5.50. The Labute approximate surface area is 89.8 Å². The van der Waals surface area contributed by atoms with Gasteiger partial charge >= 0.3 is 0 Å². The summed E-state index contributed by atoms with van der Waals surface area (Å²) in [7, 11) is -4.24. The largest absolute Gasteiger partial charge is 0.297 e. The Morgan fingerprint density at radius 3 is 2.13 bits per heavy atom. The molecule has 0 amide bonds. The maximum Gasteiger partial charge on any atom is 0.275 e. The maximum absolute atomic E-state index is 12.0. The highest BCUT2D eigenvalue weighted by molar-refractivity contribution is 7.87. The van der Waals surface area contributed by atoms with E-state index in [0.29, 0.717) is 6.42 Å². The monoisotopic (exact) mass is 232 g/mol. The van der Waals surface area contributed by atoms with Crippen LogP contribution in [0.1, 0.15) is 33.6 Å². The van der Waals surface area contributed by atoms with Crippen LogP contribution in [0.4, 0.5) is 0 Å². The van der Waals surface area contributed by atoms with Gasteiger partial charge in [0.05, 0.1) is 0 Å². The van der Waals surface area contributed by atoms with E-state index in [4.69, 9.17) is 4.55 Å². The van der Waals surface area contributed by atoms with Gasteiger partial charge in [-0.2, -0.15) is 8.42 Å². The quantitative estimate of drug-likeness (QED) is 0.691. The molecule has 2 rings (SSSR count). The molecule has 5 heteroatoms. The third-order valence-corrected chi connectivity index (χ3v) is 5.98. The van der Waals surface area contributed by atoms with Gasteiger partial charge in [-0.15, -0.1) is 0 Å². The summed E-state index contributed by atoms with van der Waals surface area (Å²) in [5, 5.41) is -1.19. The lowest BCUT2D eigenvalue weighted by atomic mass is 9.70. The second-order valence-corrected chi connectivity index (χ2v) is 7.04. The van der Waals surface area contributed by atoms with Crippen LogP contribution >= 0.6 is 0 Å². The molecule has 0 radical (unpaired) electrons. The molecular weight excluding hydrogens is 216 g/mol. The summed E-state index contributed by atoms with van der Waals surface area (Å²) in [5.74, 6) is -0.531. The van der Waals surface area contributed by atoms with Crippen molar-refractivity contribution in [2.45, 2.75) is 38.9 Å². The van der Waals surface area contributed by atoms with Crippen molar-refractivity contribution in [2.24, 2.45) is 16.7 Å². The first-order valence-electron chi connectivity index (χ1n) is 5.13. The van der Waals surface area contributed by atoms with Crippen LogP contribution in [-0.4, -0.2) is 24.0 Å². The molecule has 86 valence electrons. The molecule has 2 aliphatic carbocycles. The van der Waals surface area contributed by atoms with Crippen LogP contribution < -0.4 is 0 Å². The van der Waals surface area contributed by atoms with Gasteiger partial charge in [-0.05, 0) is 24.2 Å². The van der Waals surface area contributed by atoms with Gasteiger partial charge in [0.15, 0.2) is 5.78 Å². The average Bonchev–Trinajstić information content (AvgIpc) is 2.33. The summed E-state index contributed by atoms with van der Waals surface area (Å²) in [4.78, 5) is 12.0. The van der Waals surface area contributed by atoms with E-state index in [1.54, 1.807) is 0 Å². The summed E-state index contributed by atoms with van der Waals surface area (Å²) < 4.78 is 31.5. The third kappa shape index (κ3) is 1.11. The van der Waals surface area contributed by atoms with Crippen molar-refractivity contribution in [3.05, 3.63) is 0 Å². The Bertz CT molecular complexity index is 423. The van der Waals surface area contributed by atoms with Crippen LogP contribution in [0.2, 0.25) is 0 Å². The van der Waals surface area contributed by atoms with Crippen LogP contribution in [0.15, 0.2) is 0 Å². The number of fused-ring (bicyclic) bond motifs is 2. The zero-order valence-corrected chi connectivity index (χ0v) is 9.97. The van der Waals surface area contributed by atoms with E-state index >= 15 is 0 Å². The van der Waals surface area contributed by atoms with Crippen LogP contribution in [0.3, 0.4) is 0 Å². The molecule has 2 aliphatic rings. The summed E-state index contributed by atoms with van der Waals surface area (Å²) in [6.07, 6.45) is 1.44. The first-order valence-corrected chi connectivity index (χ1v) is 6.63. The van der Waals surface area contributed by atoms with Gasteiger partial charge in [-0.25, -0.2) is 0 Å². The fraction of sp³-hybridized carbons (Fsp3) is 0.900. The van der Waals surface area contributed by atoms with Crippen molar-refractivity contribution in [3.63, 3.8) is 0 Å². The normalized spacial score (nSPS) is 43.6. The minimum Gasteiger partial charge on any atom is -0.297 e. The molecule has 0 unspecified atom stereocenters. The van der Waals surface area contributed by atoms with Crippen molar-refractivity contribution in [1.29, 1.82) is 0 Å². The molecule has 15 heavy (non-hydrogen) atoms. The lowest BCUT2D eigenvalue weighted by Crippen LogP contribution is -2.38. The Balaban J connectivity index is 2.57. The molecule has 3 atom stereocenters. The molecule has 0 saturated heterocycles. The van der Waals surface area contributed by atoms with E-state index in [2.05, 4.69) is 0 Å². The number of hydrogen-bond donors (Lipinski definition) is 1. The number of rotatable bonds is 1. The SMILES string of the molecule is CC1(C)[C@@H]2CC[C@]1(C)C(=O)[C@H]2S(=O)(=O)O. The Hall–Kier alpha value is -0.420. The molecule has 0 heterocycles. The number of hydrogen-bond acceptors (Lipinski definition) is 3. The van der Waals surface area contributed by atoms with Crippen molar-refractivity contribution < 1.29 is 17.8 Å². The minimum absolute atomic E-state index is 0.231. The van der Waals surface area contributed by atoms with E-state index in [1.165, 1.54) is 0 Å². The van der Waals surface area contributed by atoms with Crippen molar-refractivity contribution >= 4 is 15.9 Å². The number of carbonyl (C=O) groups is 1. The predicted octanol–water partition coefficient (Wildman–Crippen LogP) is 1.27. The molecule has 0 aromatic heterocycles. The zero-order valence-electron chi connectivity index (χ0n) is 9.15. The van der Waals surface area contributed by atoms with Gasteiger partial charge in [-0.1, -0.05) is 20.8 Å². The molecule has 0 aromatic carbocycles. The van der Waals surface area contributed by atoms with E-state index in [1.807, 2.05) is 20.8 Å². The first kappa shape index (κ1) is 11.1. The van der Waals surface area contributed by atoms with Crippen molar-refractivity contribution in [1.82, 2.24) is 0 Å². The highest BCUT2D eigenvalue weighted by Crippen LogP contribution is 2.64. The molecule has 1 N–H and O–H groups in total. The molecule has 2 bridgehead atoms. The summed E-state index contributed by atoms with van der Waals surface area (Å²) in [5.41, 5.74) is -0.914. The summed E-state index contributed by atoms with van der Waals surface area (Å²) in [6, 6.07) is 0. The summed E-state index contributed by atoms with van der Waals surface area (Å²) >= 11 is 0. The molecule has 0 spiro atoms. The molecular formula is C10H16O4S. The van der Waals surface area contributed by atoms with Gasteiger partial charge in [0.25, 0.3) is 10.1 Å². The highest BCUT2D eigenvalue weighted by Gasteiger charge is 2.69. The van der Waals surface area contributed by atoms with E-state index in [-0.39, 0.29) is 17.1 Å². The second kappa shape index (κ2) is 2.63. The van der Waals surface area contributed by atoms with Crippen LogP contribution in [0.25, 0.3) is 0 Å². The zero-order chi connectivity index (χ0) is 11.6. The number of carbonyl (C=O) groups excluding carboxylic acids is 1. The van der Waals surface area contributed by atoms with Crippen molar-refractivity contribution in [2.75, 3.05) is 0 Å². The van der Waals surface area contributed by atoms with Crippen molar-refractivity contribution in [3.8, 4) is 0 Å². The highest BCUT2D eigenvalue weighted by atomic mass is 32.2. The molecule has 2 fully saturated rings. The lowest BCUT2D eigenvalue weighted by Gasteiger charge is -2.32. The van der Waals surface area contributed by atoms with Gasteiger partial charge in [-0.3, -0.25) is 9.35 Å². The van der Waals surface area contributed by atoms with Crippen LogP contribution in [0.5, 0.6) is 0 Å². The molecule has 4 nitrogen and oxygen atoms in total. The van der Waals surface area contributed by atoms with Gasteiger partial charge in [0.2, 0.25) is 0 Å².